The molecule has 26 heavy (non-hydrogen) atoms. The molecular weight excluding hydrogens is 332 g/mol. The molecule has 1 aromatic rings. The van der Waals surface area contributed by atoms with Gasteiger partial charge in [-0.2, -0.15) is 0 Å². The largest absolute Gasteiger partial charge is 0.378 e. The molecule has 0 atom stereocenters. The molecule has 6 nitrogen and oxygen atoms in total. The van der Waals surface area contributed by atoms with Crippen molar-refractivity contribution < 1.29 is 19.1 Å². The number of hydrogen-bond acceptors (Lipinski definition) is 4. The lowest BCUT2D eigenvalue weighted by Crippen LogP contribution is -2.40. The lowest BCUT2D eigenvalue weighted by molar-refractivity contribution is -0.121. The molecule has 1 aromatic carbocycles. The fourth-order valence-electron chi connectivity index (χ4n) is 3.53. The van der Waals surface area contributed by atoms with Gasteiger partial charge in [0.2, 0.25) is 5.91 Å². The molecule has 0 unspecified atom stereocenters. The van der Waals surface area contributed by atoms with Crippen molar-refractivity contribution in [1.29, 1.82) is 0 Å². The fourth-order valence-corrected chi connectivity index (χ4v) is 3.53. The highest BCUT2D eigenvalue weighted by Gasteiger charge is 2.36. The third-order valence-electron chi connectivity index (χ3n) is 4.98. The molecular formula is C20H26N2O4. The zero-order valence-electron chi connectivity index (χ0n) is 15.3. The summed E-state index contributed by atoms with van der Waals surface area (Å²) < 4.78 is 5.82. The predicted octanol–water partition coefficient (Wildman–Crippen LogP) is 2.45. The molecule has 0 bridgehead atoms. The van der Waals surface area contributed by atoms with Crippen LogP contribution in [0.15, 0.2) is 18.2 Å². The summed E-state index contributed by atoms with van der Waals surface area (Å²) in [6, 6.07) is 5.13. The number of rotatable bonds is 7. The van der Waals surface area contributed by atoms with Gasteiger partial charge >= 0.3 is 0 Å². The van der Waals surface area contributed by atoms with Crippen LogP contribution < -0.4 is 5.32 Å². The summed E-state index contributed by atoms with van der Waals surface area (Å²) in [4.78, 5) is 37.7. The molecule has 1 saturated carbocycles. The van der Waals surface area contributed by atoms with E-state index in [0.29, 0.717) is 30.4 Å². The predicted molar refractivity (Wildman–Crippen MR) is 97.0 cm³/mol. The van der Waals surface area contributed by atoms with Crippen LogP contribution in [0.4, 0.5) is 0 Å². The quantitative estimate of drug-likeness (QED) is 0.600. The van der Waals surface area contributed by atoms with Gasteiger partial charge in [0, 0.05) is 13.2 Å². The van der Waals surface area contributed by atoms with Gasteiger partial charge in [-0.05, 0) is 38.3 Å². The van der Waals surface area contributed by atoms with Gasteiger partial charge in [0.05, 0.1) is 17.2 Å². The molecule has 6 heteroatoms. The monoisotopic (exact) mass is 358 g/mol. The SMILES string of the molecule is Cc1ccc2c(c1)C(=O)N(CC(=O)NCCCOC1CCCCC1)C2=O. The average Bonchev–Trinajstić information content (AvgIpc) is 2.87. The smallest absolute Gasteiger partial charge is 0.262 e. The molecule has 140 valence electrons. The molecule has 3 rings (SSSR count). The highest BCUT2D eigenvalue weighted by atomic mass is 16.5. The first-order chi connectivity index (χ1) is 12.6. The van der Waals surface area contributed by atoms with E-state index in [1.165, 1.54) is 19.3 Å². The zero-order chi connectivity index (χ0) is 18.5. The van der Waals surface area contributed by atoms with Crippen LogP contribution in [0.25, 0.3) is 0 Å². The summed E-state index contributed by atoms with van der Waals surface area (Å²) in [5.74, 6) is -1.13. The van der Waals surface area contributed by atoms with E-state index in [2.05, 4.69) is 5.32 Å². The number of hydrogen-bond donors (Lipinski definition) is 1. The average molecular weight is 358 g/mol. The summed E-state index contributed by atoms with van der Waals surface area (Å²) in [5.41, 5.74) is 1.66. The minimum Gasteiger partial charge on any atom is -0.378 e. The van der Waals surface area contributed by atoms with Gasteiger partial charge in [0.25, 0.3) is 11.8 Å². The number of carbonyl (C=O) groups excluding carboxylic acids is 3. The van der Waals surface area contributed by atoms with E-state index < -0.39 is 11.8 Å². The zero-order valence-corrected chi connectivity index (χ0v) is 15.3. The molecule has 0 aromatic heterocycles. The Hall–Kier alpha value is -2.21. The minimum atomic E-state index is -0.402. The molecule has 0 spiro atoms. The van der Waals surface area contributed by atoms with E-state index in [0.717, 1.165) is 29.7 Å². The first kappa shape index (κ1) is 18.6. The third-order valence-corrected chi connectivity index (χ3v) is 4.98. The molecule has 1 aliphatic heterocycles. The van der Waals surface area contributed by atoms with Crippen LogP contribution in [0.2, 0.25) is 0 Å². The van der Waals surface area contributed by atoms with E-state index >= 15 is 0 Å². The molecule has 0 saturated heterocycles. The maximum atomic E-state index is 12.4. The molecule has 1 heterocycles. The Kier molecular flexibility index (Phi) is 6.04. The highest BCUT2D eigenvalue weighted by molar-refractivity contribution is 6.22. The Morgan fingerprint density at radius 1 is 1.15 bits per heavy atom. The Labute approximate surface area is 153 Å². The number of aryl methyl sites for hydroxylation is 1. The number of amides is 3. The van der Waals surface area contributed by atoms with Crippen LogP contribution >= 0.6 is 0 Å². The summed E-state index contributed by atoms with van der Waals surface area (Å²) in [5, 5.41) is 2.76. The Balaban J connectivity index is 1.40. The number of ether oxygens (including phenoxy) is 1. The van der Waals surface area contributed by atoms with Crippen LogP contribution in [0.1, 0.15) is 64.8 Å². The summed E-state index contributed by atoms with van der Waals surface area (Å²) in [6.45, 7) is 2.72. The van der Waals surface area contributed by atoms with Gasteiger partial charge < -0.3 is 10.1 Å². The summed E-state index contributed by atoms with van der Waals surface area (Å²) in [6.07, 6.45) is 7.12. The van der Waals surface area contributed by atoms with Crippen molar-refractivity contribution in [3.8, 4) is 0 Å². The standard InChI is InChI=1S/C20H26N2O4/c1-14-8-9-16-17(12-14)20(25)22(19(16)24)13-18(23)21-10-5-11-26-15-6-3-2-4-7-15/h8-9,12,15H,2-7,10-11,13H2,1H3,(H,21,23). The van der Waals surface area contributed by atoms with Crippen molar-refractivity contribution in [3.63, 3.8) is 0 Å². The Morgan fingerprint density at radius 2 is 1.88 bits per heavy atom. The topological polar surface area (TPSA) is 75.7 Å². The van der Waals surface area contributed by atoms with Crippen LogP contribution in [0.3, 0.4) is 0 Å². The highest BCUT2D eigenvalue weighted by Crippen LogP contribution is 2.23. The van der Waals surface area contributed by atoms with Crippen molar-refractivity contribution in [1.82, 2.24) is 10.2 Å². The molecule has 1 N–H and O–H groups in total. The van der Waals surface area contributed by atoms with Crippen molar-refractivity contribution in [3.05, 3.63) is 34.9 Å². The van der Waals surface area contributed by atoms with E-state index in [4.69, 9.17) is 4.74 Å². The molecule has 1 aliphatic carbocycles. The van der Waals surface area contributed by atoms with Crippen LogP contribution in [-0.4, -0.2) is 48.4 Å². The minimum absolute atomic E-state index is 0.241. The van der Waals surface area contributed by atoms with Gasteiger partial charge in [-0.3, -0.25) is 19.3 Å². The number of benzene rings is 1. The van der Waals surface area contributed by atoms with E-state index in [-0.39, 0.29) is 12.5 Å². The first-order valence-electron chi connectivity index (χ1n) is 9.41. The molecule has 0 radical (unpaired) electrons. The van der Waals surface area contributed by atoms with E-state index in [9.17, 15) is 14.4 Å². The summed E-state index contributed by atoms with van der Waals surface area (Å²) in [7, 11) is 0. The van der Waals surface area contributed by atoms with E-state index in [1.54, 1.807) is 18.2 Å². The van der Waals surface area contributed by atoms with Crippen molar-refractivity contribution in [2.24, 2.45) is 0 Å². The second-order valence-electron chi connectivity index (χ2n) is 7.08. The number of imide groups is 1. The second kappa shape index (κ2) is 8.45. The van der Waals surface area contributed by atoms with Gasteiger partial charge in [-0.15, -0.1) is 0 Å². The van der Waals surface area contributed by atoms with Crippen LogP contribution in [0, 0.1) is 6.92 Å². The number of fused-ring (bicyclic) bond motifs is 1. The molecule has 3 amide bonds. The lowest BCUT2D eigenvalue weighted by Gasteiger charge is -2.22. The van der Waals surface area contributed by atoms with Crippen molar-refractivity contribution in [2.75, 3.05) is 19.7 Å². The second-order valence-corrected chi connectivity index (χ2v) is 7.08. The van der Waals surface area contributed by atoms with Gasteiger partial charge in [-0.1, -0.05) is 30.9 Å². The molecule has 1 fully saturated rings. The van der Waals surface area contributed by atoms with Crippen LogP contribution in [0.5, 0.6) is 0 Å². The van der Waals surface area contributed by atoms with Gasteiger partial charge in [0.15, 0.2) is 0 Å². The van der Waals surface area contributed by atoms with Crippen molar-refractivity contribution >= 4 is 17.7 Å². The Morgan fingerprint density at radius 3 is 2.65 bits per heavy atom. The van der Waals surface area contributed by atoms with Gasteiger partial charge in [-0.25, -0.2) is 0 Å². The summed E-state index contributed by atoms with van der Waals surface area (Å²) >= 11 is 0. The Bertz CT molecular complexity index is 695. The van der Waals surface area contributed by atoms with Crippen LogP contribution in [-0.2, 0) is 9.53 Å². The van der Waals surface area contributed by atoms with E-state index in [1.807, 2.05) is 6.92 Å². The molecule has 2 aliphatic rings. The lowest BCUT2D eigenvalue weighted by atomic mass is 9.98. The maximum absolute atomic E-state index is 12.4. The maximum Gasteiger partial charge on any atom is 0.262 e. The fraction of sp³-hybridized carbons (Fsp3) is 0.550. The first-order valence-corrected chi connectivity index (χ1v) is 9.41. The number of nitrogens with one attached hydrogen (secondary N) is 1. The number of carbonyl (C=O) groups is 3. The van der Waals surface area contributed by atoms with Crippen molar-refractivity contribution in [2.45, 2.75) is 51.6 Å². The third kappa shape index (κ3) is 4.30. The number of nitrogens with zero attached hydrogens (tertiary/aromatic N) is 1. The van der Waals surface area contributed by atoms with Gasteiger partial charge in [0.1, 0.15) is 6.54 Å². The normalized spacial score (nSPS) is 17.5.